The van der Waals surface area contributed by atoms with Gasteiger partial charge in [-0.05, 0) is 67.6 Å². The molecule has 0 aliphatic carbocycles. The molecule has 0 radical (unpaired) electrons. The predicted molar refractivity (Wildman–Crippen MR) is 122 cm³/mol. The van der Waals surface area contributed by atoms with Crippen molar-refractivity contribution in [3.05, 3.63) is 59.2 Å². The van der Waals surface area contributed by atoms with Gasteiger partial charge in [0.05, 0.1) is 25.1 Å². The van der Waals surface area contributed by atoms with E-state index in [-0.39, 0.29) is 24.9 Å². The van der Waals surface area contributed by atoms with Crippen molar-refractivity contribution in [3.63, 3.8) is 0 Å². The van der Waals surface area contributed by atoms with Crippen LogP contribution in [0.2, 0.25) is 0 Å². The van der Waals surface area contributed by atoms with Crippen molar-refractivity contribution >= 4 is 21.6 Å². The maximum Gasteiger partial charge on any atom is 0.232 e. The van der Waals surface area contributed by atoms with Gasteiger partial charge in [0.2, 0.25) is 15.9 Å². The van der Waals surface area contributed by atoms with Gasteiger partial charge in [-0.15, -0.1) is 0 Å². The van der Waals surface area contributed by atoms with E-state index in [1.54, 1.807) is 13.2 Å². The third-order valence-electron chi connectivity index (χ3n) is 5.21. The number of carbonyl (C=O) groups is 1. The van der Waals surface area contributed by atoms with E-state index >= 15 is 0 Å². The molecule has 164 valence electrons. The summed E-state index contributed by atoms with van der Waals surface area (Å²) in [5.41, 5.74) is 3.78. The van der Waals surface area contributed by atoms with Crippen molar-refractivity contribution in [2.24, 2.45) is 0 Å². The minimum Gasteiger partial charge on any atom is -0.497 e. The Morgan fingerprint density at radius 2 is 1.77 bits per heavy atom. The summed E-state index contributed by atoms with van der Waals surface area (Å²) in [6.45, 7) is 6.21. The summed E-state index contributed by atoms with van der Waals surface area (Å²) in [5, 5.41) is 3.04. The van der Waals surface area contributed by atoms with Crippen LogP contribution in [0, 0.1) is 13.8 Å². The Kier molecular flexibility index (Phi) is 8.29. The topological polar surface area (TPSA) is 75.7 Å². The maximum atomic E-state index is 12.5. The van der Waals surface area contributed by atoms with Crippen LogP contribution < -0.4 is 14.4 Å². The molecule has 0 fully saturated rings. The Morgan fingerprint density at radius 1 is 1.10 bits per heavy atom. The average molecular weight is 433 g/mol. The molecule has 0 unspecified atom stereocenters. The number of benzene rings is 2. The largest absolute Gasteiger partial charge is 0.497 e. The third-order valence-corrected chi connectivity index (χ3v) is 6.40. The van der Waals surface area contributed by atoms with E-state index in [9.17, 15) is 13.2 Å². The molecule has 2 aromatic rings. The highest BCUT2D eigenvalue weighted by atomic mass is 32.2. The van der Waals surface area contributed by atoms with Gasteiger partial charge >= 0.3 is 0 Å². The molecule has 0 aromatic heterocycles. The Hall–Kier alpha value is -2.54. The smallest absolute Gasteiger partial charge is 0.232 e. The molecule has 2 rings (SSSR count). The van der Waals surface area contributed by atoms with Gasteiger partial charge in [-0.2, -0.15) is 0 Å². The number of nitrogens with zero attached hydrogens (tertiary/aromatic N) is 1. The maximum absolute atomic E-state index is 12.5. The highest BCUT2D eigenvalue weighted by molar-refractivity contribution is 7.92. The van der Waals surface area contributed by atoms with Crippen molar-refractivity contribution in [1.82, 2.24) is 5.32 Å². The Bertz CT molecular complexity index is 956. The summed E-state index contributed by atoms with van der Waals surface area (Å²) >= 11 is 0. The molecule has 0 heterocycles. The quantitative estimate of drug-likeness (QED) is 0.613. The zero-order chi connectivity index (χ0) is 22.3. The lowest BCUT2D eigenvalue weighted by atomic mass is 10.0. The summed E-state index contributed by atoms with van der Waals surface area (Å²) in [7, 11) is -1.82. The Morgan fingerprint density at radius 3 is 2.30 bits per heavy atom. The summed E-state index contributed by atoms with van der Waals surface area (Å²) < 4.78 is 31.1. The van der Waals surface area contributed by atoms with Crippen LogP contribution in [-0.2, 0) is 14.8 Å². The fraction of sp³-hybridized carbons (Fsp3) is 0.435. The lowest BCUT2D eigenvalue weighted by Crippen LogP contribution is -2.33. The first-order chi connectivity index (χ1) is 14.2. The van der Waals surface area contributed by atoms with Crippen molar-refractivity contribution in [2.45, 2.75) is 46.1 Å². The Labute approximate surface area is 180 Å². The molecule has 7 heteroatoms. The molecule has 1 amide bonds. The molecular weight excluding hydrogens is 400 g/mol. The van der Waals surface area contributed by atoms with Crippen LogP contribution in [0.3, 0.4) is 0 Å². The first-order valence-electron chi connectivity index (χ1n) is 10.1. The summed E-state index contributed by atoms with van der Waals surface area (Å²) in [4.78, 5) is 12.5. The lowest BCUT2D eigenvalue weighted by molar-refractivity contribution is -0.121. The SMILES string of the molecule is CC[C@@H](NC(=O)CCCN(c1ccc(C)c(C)c1)S(C)(=O)=O)c1ccc(OC)cc1. The predicted octanol–water partition coefficient (Wildman–Crippen LogP) is 4.13. The highest BCUT2D eigenvalue weighted by Gasteiger charge is 2.19. The molecule has 1 atom stereocenters. The summed E-state index contributed by atoms with van der Waals surface area (Å²) in [6, 6.07) is 13.1. The normalized spacial score (nSPS) is 12.3. The van der Waals surface area contributed by atoms with Crippen molar-refractivity contribution in [2.75, 3.05) is 24.2 Å². The van der Waals surface area contributed by atoms with Crippen LogP contribution in [-0.4, -0.2) is 34.2 Å². The molecule has 0 aliphatic heterocycles. The van der Waals surface area contributed by atoms with Crippen molar-refractivity contribution in [1.29, 1.82) is 0 Å². The van der Waals surface area contributed by atoms with Crippen LogP contribution in [0.4, 0.5) is 5.69 Å². The minimum absolute atomic E-state index is 0.0887. The number of hydrogen-bond acceptors (Lipinski definition) is 4. The van der Waals surface area contributed by atoms with Gasteiger partial charge < -0.3 is 10.1 Å². The number of carbonyl (C=O) groups excluding carboxylic acids is 1. The van der Waals surface area contributed by atoms with E-state index in [1.807, 2.05) is 57.2 Å². The average Bonchev–Trinajstić information content (AvgIpc) is 2.71. The van der Waals surface area contributed by atoms with E-state index in [0.29, 0.717) is 12.1 Å². The zero-order valence-electron chi connectivity index (χ0n) is 18.4. The standard InChI is InChI=1S/C23H32N2O4S/c1-6-22(19-10-13-21(29-4)14-11-19)24-23(26)8-7-15-25(30(5,27)28)20-12-9-17(2)18(3)16-20/h9-14,16,22H,6-8,15H2,1-5H3,(H,24,26)/t22-/m1/s1. The van der Waals surface area contributed by atoms with Gasteiger partial charge in [-0.3, -0.25) is 9.10 Å². The summed E-state index contributed by atoms with van der Waals surface area (Å²) in [5.74, 6) is 0.679. The first-order valence-corrected chi connectivity index (χ1v) is 12.0. The number of rotatable bonds is 10. The molecule has 0 aliphatic rings. The lowest BCUT2D eigenvalue weighted by Gasteiger charge is -2.23. The molecule has 1 N–H and O–H groups in total. The van der Waals surface area contributed by atoms with Crippen LogP contribution in [0.25, 0.3) is 0 Å². The molecule has 2 aromatic carbocycles. The van der Waals surface area contributed by atoms with Gasteiger partial charge in [-0.1, -0.05) is 25.1 Å². The number of nitrogens with one attached hydrogen (secondary N) is 1. The number of methoxy groups -OCH3 is 1. The first kappa shape index (κ1) is 23.7. The molecule has 30 heavy (non-hydrogen) atoms. The number of aryl methyl sites for hydroxylation is 2. The van der Waals surface area contributed by atoms with E-state index < -0.39 is 10.0 Å². The number of amides is 1. The second-order valence-corrected chi connectivity index (χ2v) is 9.42. The van der Waals surface area contributed by atoms with E-state index in [2.05, 4.69) is 5.32 Å². The Balaban J connectivity index is 1.98. The van der Waals surface area contributed by atoms with Crippen LogP contribution in [0.5, 0.6) is 5.75 Å². The second-order valence-electron chi connectivity index (χ2n) is 7.51. The number of hydrogen-bond donors (Lipinski definition) is 1. The minimum atomic E-state index is -3.43. The highest BCUT2D eigenvalue weighted by Crippen LogP contribution is 2.23. The molecule has 0 spiro atoms. The van der Waals surface area contributed by atoms with Crippen LogP contribution in [0.1, 0.15) is 48.9 Å². The van der Waals surface area contributed by atoms with Gasteiger partial charge in [0.1, 0.15) is 5.75 Å². The number of ether oxygens (including phenoxy) is 1. The number of anilines is 1. The van der Waals surface area contributed by atoms with Gasteiger partial charge in [0, 0.05) is 13.0 Å². The zero-order valence-corrected chi connectivity index (χ0v) is 19.3. The van der Waals surface area contributed by atoms with E-state index in [4.69, 9.17) is 4.74 Å². The summed E-state index contributed by atoms with van der Waals surface area (Å²) in [6.07, 6.45) is 2.64. The molecule has 6 nitrogen and oxygen atoms in total. The van der Waals surface area contributed by atoms with Crippen molar-refractivity contribution < 1.29 is 17.9 Å². The van der Waals surface area contributed by atoms with Crippen LogP contribution >= 0.6 is 0 Å². The molecule has 0 bridgehead atoms. The molecule has 0 saturated carbocycles. The molecule has 0 saturated heterocycles. The van der Waals surface area contributed by atoms with E-state index in [0.717, 1.165) is 28.9 Å². The fourth-order valence-corrected chi connectivity index (χ4v) is 4.23. The monoisotopic (exact) mass is 432 g/mol. The number of sulfonamides is 1. The molecular formula is C23H32N2O4S. The fourth-order valence-electron chi connectivity index (χ4n) is 3.27. The van der Waals surface area contributed by atoms with Crippen molar-refractivity contribution in [3.8, 4) is 5.75 Å². The second kappa shape index (κ2) is 10.5. The van der Waals surface area contributed by atoms with Gasteiger partial charge in [0.25, 0.3) is 0 Å². The van der Waals surface area contributed by atoms with Crippen LogP contribution in [0.15, 0.2) is 42.5 Å². The van der Waals surface area contributed by atoms with Gasteiger partial charge in [-0.25, -0.2) is 8.42 Å². The van der Waals surface area contributed by atoms with Gasteiger partial charge in [0.15, 0.2) is 0 Å². The van der Waals surface area contributed by atoms with E-state index in [1.165, 1.54) is 10.6 Å². The third kappa shape index (κ3) is 6.49.